The first-order chi connectivity index (χ1) is 13.0. The highest BCUT2D eigenvalue weighted by molar-refractivity contribution is 6.18. The van der Waals surface area contributed by atoms with Crippen molar-refractivity contribution in [1.29, 1.82) is 0 Å². The van der Waals surface area contributed by atoms with Gasteiger partial charge in [0.15, 0.2) is 11.9 Å². The van der Waals surface area contributed by atoms with Crippen molar-refractivity contribution in [3.63, 3.8) is 0 Å². The highest BCUT2D eigenvalue weighted by Gasteiger charge is 2.31. The van der Waals surface area contributed by atoms with Gasteiger partial charge in [0.25, 0.3) is 5.91 Å². The van der Waals surface area contributed by atoms with Gasteiger partial charge in [-0.3, -0.25) is 4.79 Å². The Balaban J connectivity index is 1.97. The second-order valence-electron chi connectivity index (χ2n) is 5.89. The summed E-state index contributed by atoms with van der Waals surface area (Å²) in [5, 5.41) is 20.5. The number of aromatic nitrogens is 4. The van der Waals surface area contributed by atoms with Gasteiger partial charge >= 0.3 is 5.97 Å². The van der Waals surface area contributed by atoms with Crippen molar-refractivity contribution in [2.24, 2.45) is 0 Å². The van der Waals surface area contributed by atoms with Crippen LogP contribution in [0.1, 0.15) is 11.4 Å². The van der Waals surface area contributed by atoms with Gasteiger partial charge in [-0.15, -0.1) is 5.10 Å². The number of carbonyl (C=O) groups is 2. The van der Waals surface area contributed by atoms with Crippen LogP contribution in [-0.2, 0) is 14.3 Å². The molecule has 1 amide bonds. The molecule has 10 heteroatoms. The first-order valence-electron chi connectivity index (χ1n) is 8.24. The summed E-state index contributed by atoms with van der Waals surface area (Å²) in [4.78, 5) is 25.8. The molecule has 1 saturated heterocycles. The molecule has 1 aromatic heterocycles. The number of amides is 1. The molecule has 1 fully saturated rings. The molecular weight excluding hydrogens is 354 g/mol. The average Bonchev–Trinajstić information content (AvgIpc) is 3.11. The molecule has 2 aromatic rings. The molecule has 0 spiro atoms. The van der Waals surface area contributed by atoms with Crippen LogP contribution in [0.3, 0.4) is 0 Å². The van der Waals surface area contributed by atoms with Crippen molar-refractivity contribution < 1.29 is 24.2 Å². The molecule has 2 heterocycles. The molecule has 142 valence electrons. The Morgan fingerprint density at radius 2 is 2.22 bits per heavy atom. The van der Waals surface area contributed by atoms with Crippen molar-refractivity contribution in [2.75, 3.05) is 26.8 Å². The number of ether oxygens (including phenoxy) is 2. The summed E-state index contributed by atoms with van der Waals surface area (Å²) in [6.45, 7) is 2.04. The van der Waals surface area contributed by atoms with Crippen LogP contribution in [0, 0.1) is 6.92 Å². The largest absolute Gasteiger partial charge is 0.497 e. The van der Waals surface area contributed by atoms with E-state index in [1.807, 2.05) is 6.07 Å². The summed E-state index contributed by atoms with van der Waals surface area (Å²) in [6.07, 6.45) is 0.579. The number of rotatable bonds is 5. The van der Waals surface area contributed by atoms with Crippen molar-refractivity contribution in [2.45, 2.75) is 13.0 Å². The molecule has 0 bridgehead atoms. The fourth-order valence-electron chi connectivity index (χ4n) is 2.70. The van der Waals surface area contributed by atoms with Crippen molar-refractivity contribution >= 4 is 23.6 Å². The second-order valence-corrected chi connectivity index (χ2v) is 5.89. The lowest BCUT2D eigenvalue weighted by molar-refractivity contribution is -0.158. The minimum atomic E-state index is -1.11. The zero-order valence-electron chi connectivity index (χ0n) is 14.9. The normalized spacial score (nSPS) is 17.6. The Kier molecular flexibility index (Phi) is 5.46. The number of aliphatic carboxylic acids is 1. The minimum Gasteiger partial charge on any atom is -0.497 e. The first kappa shape index (κ1) is 18.5. The maximum absolute atomic E-state index is 13.1. The van der Waals surface area contributed by atoms with E-state index in [-0.39, 0.29) is 31.3 Å². The van der Waals surface area contributed by atoms with Gasteiger partial charge in [0, 0.05) is 6.54 Å². The molecule has 27 heavy (non-hydrogen) atoms. The van der Waals surface area contributed by atoms with E-state index in [0.29, 0.717) is 11.6 Å². The van der Waals surface area contributed by atoms with Gasteiger partial charge in [0.05, 0.1) is 20.3 Å². The third-order valence-corrected chi connectivity index (χ3v) is 4.10. The summed E-state index contributed by atoms with van der Waals surface area (Å²) in [5.41, 5.74) is 0.924. The molecule has 1 N–H and O–H groups in total. The first-order valence-corrected chi connectivity index (χ1v) is 8.24. The monoisotopic (exact) mass is 373 g/mol. The van der Waals surface area contributed by atoms with E-state index < -0.39 is 12.1 Å². The predicted molar refractivity (Wildman–Crippen MR) is 93.7 cm³/mol. The zero-order valence-corrected chi connectivity index (χ0v) is 14.9. The van der Waals surface area contributed by atoms with Gasteiger partial charge in [-0.1, -0.05) is 12.1 Å². The molecule has 1 atom stereocenters. The molecule has 3 rings (SSSR count). The van der Waals surface area contributed by atoms with Crippen molar-refractivity contribution in [3.8, 4) is 5.75 Å². The number of morpholine rings is 1. The van der Waals surface area contributed by atoms with Gasteiger partial charge < -0.3 is 19.5 Å². The average molecular weight is 373 g/mol. The zero-order chi connectivity index (χ0) is 19.4. The van der Waals surface area contributed by atoms with Gasteiger partial charge in [0.1, 0.15) is 11.4 Å². The molecule has 0 radical (unpaired) electrons. The van der Waals surface area contributed by atoms with Crippen LogP contribution < -0.4 is 4.74 Å². The van der Waals surface area contributed by atoms with Crippen LogP contribution in [0.4, 0.5) is 0 Å². The molecule has 1 unspecified atom stereocenters. The third-order valence-electron chi connectivity index (χ3n) is 4.10. The lowest BCUT2D eigenvalue weighted by Crippen LogP contribution is -2.49. The highest BCUT2D eigenvalue weighted by Crippen LogP contribution is 2.20. The fourth-order valence-corrected chi connectivity index (χ4v) is 2.70. The maximum atomic E-state index is 13.1. The van der Waals surface area contributed by atoms with Gasteiger partial charge in [-0.05, 0) is 41.1 Å². The van der Waals surface area contributed by atoms with Crippen LogP contribution in [0.15, 0.2) is 24.3 Å². The number of carbonyl (C=O) groups excluding carboxylic acids is 1. The van der Waals surface area contributed by atoms with E-state index in [4.69, 9.17) is 14.6 Å². The standard InChI is InChI=1S/C17H19N5O5/c1-11-18-19-20-22(11)14(9-12-4-3-5-13(8-12)26-2)16(23)21-6-7-27-15(10-21)17(24)25/h3-5,8-9,15H,6-7,10H2,1-2H3,(H,24,25). The van der Waals surface area contributed by atoms with Crippen LogP contribution in [0.25, 0.3) is 11.8 Å². The van der Waals surface area contributed by atoms with Gasteiger partial charge in [-0.25, -0.2) is 4.79 Å². The predicted octanol–water partition coefficient (Wildman–Crippen LogP) is 0.300. The summed E-state index contributed by atoms with van der Waals surface area (Å²) < 4.78 is 11.7. The number of tetrazole rings is 1. The second kappa shape index (κ2) is 7.96. The minimum absolute atomic E-state index is 0.0508. The lowest BCUT2D eigenvalue weighted by atomic mass is 10.1. The van der Waals surface area contributed by atoms with Crippen molar-refractivity contribution in [3.05, 3.63) is 35.7 Å². The molecule has 1 aromatic carbocycles. The number of methoxy groups -OCH3 is 1. The number of nitrogens with zero attached hydrogens (tertiary/aromatic N) is 5. The number of aryl methyl sites for hydroxylation is 1. The molecule has 1 aliphatic heterocycles. The number of hydrogen-bond donors (Lipinski definition) is 1. The topological polar surface area (TPSA) is 120 Å². The SMILES string of the molecule is COc1cccc(C=C(C(=O)N2CCOC(C(=O)O)C2)n2nnnc2C)c1. The number of benzene rings is 1. The number of carboxylic acids is 1. The number of carboxylic acid groups (broad SMARTS) is 1. The summed E-state index contributed by atoms with van der Waals surface area (Å²) >= 11 is 0. The maximum Gasteiger partial charge on any atom is 0.334 e. The Bertz CT molecular complexity index is 878. The quantitative estimate of drug-likeness (QED) is 0.743. The number of hydrogen-bond acceptors (Lipinski definition) is 7. The van der Waals surface area contributed by atoms with Crippen LogP contribution in [0.5, 0.6) is 5.75 Å². The van der Waals surface area contributed by atoms with Crippen LogP contribution >= 0.6 is 0 Å². The fraction of sp³-hybridized carbons (Fsp3) is 0.353. The van der Waals surface area contributed by atoms with Crippen LogP contribution in [-0.4, -0.2) is 75.0 Å². The van der Waals surface area contributed by atoms with E-state index in [2.05, 4.69) is 15.5 Å². The van der Waals surface area contributed by atoms with E-state index >= 15 is 0 Å². The summed E-state index contributed by atoms with van der Waals surface area (Å²) in [5.74, 6) is -0.422. The molecular formula is C17H19N5O5. The van der Waals surface area contributed by atoms with Crippen molar-refractivity contribution in [1.82, 2.24) is 25.1 Å². The van der Waals surface area contributed by atoms with E-state index in [1.165, 1.54) is 9.58 Å². The van der Waals surface area contributed by atoms with Gasteiger partial charge in [-0.2, -0.15) is 4.68 Å². The molecule has 10 nitrogen and oxygen atoms in total. The van der Waals surface area contributed by atoms with E-state index in [0.717, 1.165) is 5.56 Å². The van der Waals surface area contributed by atoms with E-state index in [1.54, 1.807) is 38.3 Å². The molecule has 0 saturated carbocycles. The van der Waals surface area contributed by atoms with Gasteiger partial charge in [0.2, 0.25) is 0 Å². The Morgan fingerprint density at radius 1 is 1.41 bits per heavy atom. The lowest BCUT2D eigenvalue weighted by Gasteiger charge is -2.31. The van der Waals surface area contributed by atoms with E-state index in [9.17, 15) is 9.59 Å². The summed E-state index contributed by atoms with van der Waals surface area (Å²) in [7, 11) is 1.56. The Morgan fingerprint density at radius 3 is 2.89 bits per heavy atom. The van der Waals surface area contributed by atoms with Crippen LogP contribution in [0.2, 0.25) is 0 Å². The summed E-state index contributed by atoms with van der Waals surface area (Å²) in [6, 6.07) is 7.18. The molecule has 1 aliphatic rings. The Hall–Kier alpha value is -3.27. The Labute approximate surface area is 155 Å². The molecule has 0 aliphatic carbocycles. The highest BCUT2D eigenvalue weighted by atomic mass is 16.5. The third kappa shape index (κ3) is 4.11. The smallest absolute Gasteiger partial charge is 0.334 e.